The molecule has 0 aliphatic rings. The van der Waals surface area contributed by atoms with Gasteiger partial charge in [0.1, 0.15) is 0 Å². The van der Waals surface area contributed by atoms with Crippen LogP contribution in [0.25, 0.3) is 0 Å². The monoisotopic (exact) mass is 315 g/mol. The third kappa shape index (κ3) is 29.0. The second kappa shape index (κ2) is 45.7. The van der Waals surface area contributed by atoms with E-state index in [1.807, 2.05) is 0 Å². The zero-order valence-electron chi connectivity index (χ0n) is 2.39. The predicted octanol–water partition coefficient (Wildman–Crippen LogP) is -15.0. The Morgan fingerprint density at radius 3 is 0.333 bits per heavy atom. The molecule has 0 aromatic rings. The first-order valence-electron chi connectivity index (χ1n) is 0. The Balaban J connectivity index is 0. The summed E-state index contributed by atoms with van der Waals surface area (Å²) in [7, 11) is 0. The first kappa shape index (κ1) is 67.7. The Labute approximate surface area is 102 Å². The minimum atomic E-state index is 0. The van der Waals surface area contributed by atoms with Crippen LogP contribution in [0.15, 0.2) is 0 Å². The molecule has 0 fully saturated rings. The maximum Gasteiger partial charge on any atom is 0 e. The number of hydrogen-bond donors (Lipinski definition) is 0. The van der Waals surface area contributed by atoms with Crippen molar-refractivity contribution in [1.82, 2.24) is 0 Å². The summed E-state index contributed by atoms with van der Waals surface area (Å²) in [5, 5.41) is 0. The zero-order chi connectivity index (χ0) is 0. The number of halogens is 5. The fraction of sp³-hybridized carbons (Fsp3) is 0. The van der Waals surface area contributed by atoms with E-state index in [4.69, 9.17) is 0 Å². The van der Waals surface area contributed by atoms with Crippen LogP contribution in [0.5, 0.6) is 0 Å². The van der Waals surface area contributed by atoms with Crippen molar-refractivity contribution in [1.29, 1.82) is 0 Å². The van der Waals surface area contributed by atoms with Gasteiger partial charge < -0.3 is 62.0 Å². The van der Waals surface area contributed by atoms with Gasteiger partial charge in [0.2, 0.25) is 0 Å². The van der Waals surface area contributed by atoms with Gasteiger partial charge in [0.05, 0.1) is 0 Å². The van der Waals surface area contributed by atoms with Gasteiger partial charge in [0, 0.05) is 41.7 Å². The van der Waals surface area contributed by atoms with E-state index in [2.05, 4.69) is 0 Å². The Kier molecular flexibility index (Phi) is 515. The van der Waals surface area contributed by atoms with Crippen LogP contribution in [0.3, 0.4) is 0 Å². The average Bonchev–Trinajstić information content (AvgIpc) is 0. The molecule has 0 N–H and O–H groups in total. The van der Waals surface area contributed by atoms with Crippen molar-refractivity contribution in [3.05, 3.63) is 0 Å². The van der Waals surface area contributed by atoms with Crippen molar-refractivity contribution >= 4 is 0 Å². The van der Waals surface area contributed by atoms with Gasteiger partial charge in [0.15, 0.2) is 0 Å². The first-order valence-corrected chi connectivity index (χ1v) is 0. The van der Waals surface area contributed by atoms with Crippen LogP contribution in [0.4, 0.5) is 0 Å². The van der Waals surface area contributed by atoms with E-state index in [0.29, 0.717) is 0 Å². The second-order valence-corrected chi connectivity index (χ2v) is 0. The quantitative estimate of drug-likeness (QED) is 0.416. The summed E-state index contributed by atoms with van der Waals surface area (Å²) in [5.41, 5.74) is 0. The topological polar surface area (TPSA) is 0 Å². The summed E-state index contributed by atoms with van der Waals surface area (Å²) < 4.78 is 0. The fourth-order valence-corrected chi connectivity index (χ4v) is 0. The minimum absolute atomic E-state index is 0. The molecule has 0 heterocycles. The van der Waals surface area contributed by atoms with E-state index >= 15 is 0 Å². The van der Waals surface area contributed by atoms with E-state index in [9.17, 15) is 0 Å². The van der Waals surface area contributed by atoms with Crippen molar-refractivity contribution < 1.29 is 104 Å². The number of rotatable bonds is 0. The molecular weight excluding hydrogens is 317 g/mol. The van der Waals surface area contributed by atoms with E-state index in [1.54, 1.807) is 0 Å². The SMILES string of the molecule is [Ce].[Cl-].[Cl-].[Cl-].[Cl-].[Cl-]. The van der Waals surface area contributed by atoms with Crippen molar-refractivity contribution in [2.75, 3.05) is 0 Å². The summed E-state index contributed by atoms with van der Waals surface area (Å²) in [6.07, 6.45) is 0. The molecule has 0 aliphatic heterocycles. The van der Waals surface area contributed by atoms with Gasteiger partial charge in [0.25, 0.3) is 0 Å². The molecule has 0 bridgehead atoms. The molecule has 0 saturated carbocycles. The third-order valence-electron chi connectivity index (χ3n) is 0. The van der Waals surface area contributed by atoms with Crippen molar-refractivity contribution in [3.8, 4) is 0 Å². The van der Waals surface area contributed by atoms with Gasteiger partial charge in [-0.3, -0.25) is 0 Å². The van der Waals surface area contributed by atoms with Crippen molar-refractivity contribution in [3.63, 3.8) is 0 Å². The molecule has 0 aromatic heterocycles. The van der Waals surface area contributed by atoms with Gasteiger partial charge in [-0.2, -0.15) is 0 Å². The van der Waals surface area contributed by atoms with Crippen molar-refractivity contribution in [2.24, 2.45) is 0 Å². The molecule has 0 amide bonds. The van der Waals surface area contributed by atoms with E-state index in [1.165, 1.54) is 0 Å². The Bertz CT molecular complexity index is 3.90. The fourth-order valence-electron chi connectivity index (χ4n) is 0. The summed E-state index contributed by atoms with van der Waals surface area (Å²) in [6, 6.07) is 0. The molecular formula is CeCl5-5. The first-order chi connectivity index (χ1) is 0. The summed E-state index contributed by atoms with van der Waals surface area (Å²) in [4.78, 5) is 0. The molecule has 0 nitrogen and oxygen atoms in total. The molecule has 0 rings (SSSR count). The molecule has 6 heavy (non-hydrogen) atoms. The molecule has 44 valence electrons. The van der Waals surface area contributed by atoms with Gasteiger partial charge >= 0.3 is 0 Å². The molecule has 0 atom stereocenters. The van der Waals surface area contributed by atoms with E-state index in [0.717, 1.165) is 0 Å². The largest absolute Gasteiger partial charge is 1.00 e. The molecule has 0 radical (unpaired) electrons. The van der Waals surface area contributed by atoms with Crippen LogP contribution in [-0.4, -0.2) is 0 Å². The van der Waals surface area contributed by atoms with Crippen LogP contribution in [0.2, 0.25) is 0 Å². The van der Waals surface area contributed by atoms with Gasteiger partial charge in [-0.25, -0.2) is 0 Å². The summed E-state index contributed by atoms with van der Waals surface area (Å²) >= 11 is 0. The standard InChI is InChI=1S/Ce.5ClH/h;5*1H/p-5. The van der Waals surface area contributed by atoms with Crippen molar-refractivity contribution in [2.45, 2.75) is 0 Å². The smallest absolute Gasteiger partial charge is 0 e. The van der Waals surface area contributed by atoms with Gasteiger partial charge in [-0.1, -0.05) is 0 Å². The van der Waals surface area contributed by atoms with E-state index in [-0.39, 0.29) is 104 Å². The Hall–Kier alpha value is 2.83. The van der Waals surface area contributed by atoms with Crippen LogP contribution in [0, 0.1) is 41.7 Å². The Morgan fingerprint density at radius 1 is 0.333 bits per heavy atom. The molecule has 0 aromatic carbocycles. The molecule has 0 aliphatic carbocycles. The Morgan fingerprint density at radius 2 is 0.333 bits per heavy atom. The van der Waals surface area contributed by atoms with Crippen LogP contribution in [0.1, 0.15) is 0 Å². The summed E-state index contributed by atoms with van der Waals surface area (Å²) in [5.74, 6) is 0. The molecule has 0 unspecified atom stereocenters. The normalized spacial score (nSPS) is 0. The third-order valence-corrected chi connectivity index (χ3v) is 0. The number of hydrogen-bond acceptors (Lipinski definition) is 0. The van der Waals surface area contributed by atoms with Crippen LogP contribution >= 0.6 is 0 Å². The maximum absolute atomic E-state index is 0. The van der Waals surface area contributed by atoms with Gasteiger partial charge in [-0.15, -0.1) is 0 Å². The second-order valence-electron chi connectivity index (χ2n) is 0. The molecule has 0 spiro atoms. The minimum Gasteiger partial charge on any atom is -1.00 e. The zero-order valence-corrected chi connectivity index (χ0v) is 9.31. The van der Waals surface area contributed by atoms with Gasteiger partial charge in [-0.05, 0) is 0 Å². The van der Waals surface area contributed by atoms with Crippen LogP contribution in [-0.2, 0) is 0 Å². The molecule has 0 saturated heterocycles. The van der Waals surface area contributed by atoms with E-state index < -0.39 is 0 Å². The van der Waals surface area contributed by atoms with Crippen LogP contribution < -0.4 is 62.0 Å². The average molecular weight is 317 g/mol. The predicted molar refractivity (Wildman–Crippen MR) is 0 cm³/mol. The summed E-state index contributed by atoms with van der Waals surface area (Å²) in [6.45, 7) is 0. The molecule has 6 heteroatoms. The maximum atomic E-state index is 0.